The highest BCUT2D eigenvalue weighted by molar-refractivity contribution is 6.09. The quantitative estimate of drug-likeness (QED) is 0.411. The van der Waals surface area contributed by atoms with E-state index in [-0.39, 0.29) is 23.6 Å². The van der Waals surface area contributed by atoms with E-state index in [4.69, 9.17) is 4.98 Å². The molecule has 2 fully saturated rings. The summed E-state index contributed by atoms with van der Waals surface area (Å²) in [5.74, 6) is 1.77. The lowest BCUT2D eigenvalue weighted by molar-refractivity contribution is -0.138. The van der Waals surface area contributed by atoms with Gasteiger partial charge < -0.3 is 9.88 Å². The van der Waals surface area contributed by atoms with Gasteiger partial charge in [0.15, 0.2) is 0 Å². The third kappa shape index (κ3) is 5.03. The van der Waals surface area contributed by atoms with E-state index in [0.29, 0.717) is 42.0 Å². The van der Waals surface area contributed by atoms with Crippen molar-refractivity contribution in [2.24, 2.45) is 18.9 Å². The van der Waals surface area contributed by atoms with E-state index in [1.54, 1.807) is 12.4 Å². The van der Waals surface area contributed by atoms with Crippen LogP contribution in [0.5, 0.6) is 0 Å². The molecule has 1 saturated carbocycles. The lowest BCUT2D eigenvalue weighted by atomic mass is 9.60. The first-order valence-electron chi connectivity index (χ1n) is 14.7. The van der Waals surface area contributed by atoms with Crippen LogP contribution in [0.4, 0.5) is 24.9 Å². The van der Waals surface area contributed by atoms with Gasteiger partial charge in [-0.25, -0.2) is 4.98 Å². The second-order valence-corrected chi connectivity index (χ2v) is 12.4. The highest BCUT2D eigenvalue weighted by atomic mass is 19.4. The molecule has 6 rings (SSSR count). The average Bonchev–Trinajstić information content (AvgIpc) is 3.49. The first kappa shape index (κ1) is 28.6. The van der Waals surface area contributed by atoms with E-state index >= 15 is 0 Å². The highest BCUT2D eigenvalue weighted by Crippen LogP contribution is 2.51. The number of rotatable bonds is 7. The lowest BCUT2D eigenvalue weighted by Gasteiger charge is -2.45. The van der Waals surface area contributed by atoms with Crippen molar-refractivity contribution in [2.75, 3.05) is 29.9 Å². The van der Waals surface area contributed by atoms with Crippen molar-refractivity contribution in [2.45, 2.75) is 71.1 Å². The zero-order valence-electron chi connectivity index (χ0n) is 24.5. The van der Waals surface area contributed by atoms with Crippen molar-refractivity contribution in [3.63, 3.8) is 0 Å². The van der Waals surface area contributed by atoms with Gasteiger partial charge in [0.05, 0.1) is 23.2 Å². The lowest BCUT2D eigenvalue weighted by Crippen LogP contribution is -2.44. The summed E-state index contributed by atoms with van der Waals surface area (Å²) in [6.45, 7) is 8.63. The van der Waals surface area contributed by atoms with Gasteiger partial charge >= 0.3 is 6.18 Å². The summed E-state index contributed by atoms with van der Waals surface area (Å²) in [5.41, 5.74) is -0.0672. The summed E-state index contributed by atoms with van der Waals surface area (Å²) >= 11 is 0. The van der Waals surface area contributed by atoms with Gasteiger partial charge in [-0.2, -0.15) is 18.2 Å². The number of fused-ring (bicyclic) bond motifs is 1. The smallest absolute Gasteiger partial charge is 0.370 e. The Morgan fingerprint density at radius 3 is 2.55 bits per heavy atom. The van der Waals surface area contributed by atoms with E-state index in [1.165, 1.54) is 11.0 Å². The van der Waals surface area contributed by atoms with Crippen LogP contribution in [0, 0.1) is 11.8 Å². The molecule has 1 aromatic carbocycles. The summed E-state index contributed by atoms with van der Waals surface area (Å²) in [6, 6.07) is 4.71. The normalized spacial score (nSPS) is 24.5. The monoisotopic (exact) mass is 582 g/mol. The predicted octanol–water partition coefficient (Wildman–Crippen LogP) is 5.16. The van der Waals surface area contributed by atoms with Gasteiger partial charge in [0, 0.05) is 38.3 Å². The molecule has 9 nitrogen and oxygen atoms in total. The van der Waals surface area contributed by atoms with Gasteiger partial charge in [-0.05, 0) is 74.2 Å². The van der Waals surface area contributed by atoms with Crippen LogP contribution in [0.25, 0.3) is 0 Å². The van der Waals surface area contributed by atoms with E-state index in [2.05, 4.69) is 39.2 Å². The molecule has 0 bridgehead atoms. The van der Waals surface area contributed by atoms with Crippen molar-refractivity contribution in [3.05, 3.63) is 58.3 Å². The third-order valence-electron chi connectivity index (χ3n) is 8.89. The topological polar surface area (TPSA) is 92.1 Å². The van der Waals surface area contributed by atoms with Crippen LogP contribution in [0.3, 0.4) is 0 Å². The molecule has 1 amide bonds. The largest absolute Gasteiger partial charge is 0.416 e. The molecule has 0 spiro atoms. The van der Waals surface area contributed by atoms with Gasteiger partial charge in [0.25, 0.3) is 5.91 Å². The first-order chi connectivity index (χ1) is 20.0. The van der Waals surface area contributed by atoms with Crippen LogP contribution in [0.15, 0.2) is 24.5 Å². The SMILES string of the molecule is CCNc1cc(C2(c3nncn3C)CC(C)C2)nc(N2Cc3c(cc(CN4CCC[C@H](C)C4)cc3C(F)(F)F)C2=O)n1. The van der Waals surface area contributed by atoms with Crippen LogP contribution in [0.2, 0.25) is 0 Å². The standard InChI is InChI=1S/C30H37F3N8O/c1-5-34-25-11-24(29(12-19(3)13-29)27-38-35-17-39(27)4)36-28(37-25)41-16-22-21(26(41)42)9-20(10-23(22)30(31,32)33)15-40-8-6-7-18(2)14-40/h9-11,17-19H,5-8,12-16H2,1-4H3,(H,34,36,37)/t18-,19?,29?/m0/s1. The Morgan fingerprint density at radius 2 is 1.90 bits per heavy atom. The Kier molecular flexibility index (Phi) is 7.23. The van der Waals surface area contributed by atoms with E-state index in [1.807, 2.05) is 24.6 Å². The van der Waals surface area contributed by atoms with Crippen molar-refractivity contribution < 1.29 is 18.0 Å². The predicted molar refractivity (Wildman–Crippen MR) is 152 cm³/mol. The molecule has 1 N–H and O–H groups in total. The maximum atomic E-state index is 14.4. The Balaban J connectivity index is 1.40. The van der Waals surface area contributed by atoms with Crippen molar-refractivity contribution in [1.29, 1.82) is 0 Å². The summed E-state index contributed by atoms with van der Waals surface area (Å²) in [5, 5.41) is 11.7. The van der Waals surface area contributed by atoms with Crippen LogP contribution >= 0.6 is 0 Å². The average molecular weight is 583 g/mol. The molecule has 42 heavy (non-hydrogen) atoms. The molecule has 3 aromatic rings. The number of nitrogens with zero attached hydrogens (tertiary/aromatic N) is 7. The number of piperidine rings is 1. The van der Waals surface area contributed by atoms with Crippen LogP contribution in [-0.4, -0.2) is 55.2 Å². The second kappa shape index (κ2) is 10.6. The minimum absolute atomic E-state index is 0.0254. The molecule has 3 aliphatic rings. The molecule has 1 aliphatic carbocycles. The number of hydrogen-bond donors (Lipinski definition) is 1. The maximum absolute atomic E-state index is 14.4. The van der Waals surface area contributed by atoms with Crippen molar-refractivity contribution in [1.82, 2.24) is 29.6 Å². The zero-order chi connectivity index (χ0) is 29.8. The first-order valence-corrected chi connectivity index (χ1v) is 14.7. The number of amides is 1. The fourth-order valence-corrected chi connectivity index (χ4v) is 7.09. The number of halogens is 3. The summed E-state index contributed by atoms with van der Waals surface area (Å²) in [7, 11) is 1.88. The minimum atomic E-state index is -4.60. The summed E-state index contributed by atoms with van der Waals surface area (Å²) in [4.78, 5) is 26.8. The van der Waals surface area contributed by atoms with E-state index in [0.717, 1.165) is 44.6 Å². The summed E-state index contributed by atoms with van der Waals surface area (Å²) in [6.07, 6.45) is 0.752. The van der Waals surface area contributed by atoms with E-state index < -0.39 is 23.1 Å². The van der Waals surface area contributed by atoms with Gasteiger partial charge in [0.1, 0.15) is 18.0 Å². The van der Waals surface area contributed by atoms with Crippen LogP contribution < -0.4 is 10.2 Å². The zero-order valence-corrected chi connectivity index (χ0v) is 24.5. The second-order valence-electron chi connectivity index (χ2n) is 12.4. The number of likely N-dealkylation sites (tertiary alicyclic amines) is 1. The molecule has 2 aromatic heterocycles. The Labute approximate surface area is 243 Å². The maximum Gasteiger partial charge on any atom is 0.416 e. The number of aryl methyl sites for hydroxylation is 1. The fourth-order valence-electron chi connectivity index (χ4n) is 7.09. The Morgan fingerprint density at radius 1 is 1.12 bits per heavy atom. The van der Waals surface area contributed by atoms with Gasteiger partial charge in [-0.1, -0.05) is 13.8 Å². The van der Waals surface area contributed by atoms with Crippen LogP contribution in [-0.2, 0) is 31.7 Å². The minimum Gasteiger partial charge on any atom is -0.370 e. The molecular formula is C30H37F3N8O. The van der Waals surface area contributed by atoms with Crippen molar-refractivity contribution >= 4 is 17.7 Å². The molecule has 1 atom stereocenters. The molecule has 4 heterocycles. The third-order valence-corrected chi connectivity index (χ3v) is 8.89. The Bertz CT molecular complexity index is 1500. The number of carbonyl (C=O) groups is 1. The summed E-state index contributed by atoms with van der Waals surface area (Å²) < 4.78 is 45.0. The number of hydrogen-bond acceptors (Lipinski definition) is 7. The molecule has 2 aliphatic heterocycles. The Hall–Kier alpha value is -3.54. The number of nitrogens with one attached hydrogen (secondary N) is 1. The molecular weight excluding hydrogens is 545 g/mol. The number of aromatic nitrogens is 5. The van der Waals surface area contributed by atoms with Gasteiger partial charge in [-0.3, -0.25) is 14.6 Å². The van der Waals surface area contributed by atoms with Crippen LogP contribution in [0.1, 0.15) is 85.0 Å². The molecule has 0 unspecified atom stereocenters. The molecule has 224 valence electrons. The number of alkyl halides is 3. The number of carbonyl (C=O) groups excluding carboxylic acids is 1. The highest BCUT2D eigenvalue weighted by Gasteiger charge is 2.50. The number of benzene rings is 1. The molecule has 12 heteroatoms. The molecule has 0 radical (unpaired) electrons. The molecule has 1 saturated heterocycles. The fraction of sp³-hybridized carbons (Fsp3) is 0.567. The van der Waals surface area contributed by atoms with E-state index in [9.17, 15) is 18.0 Å². The van der Waals surface area contributed by atoms with Crippen molar-refractivity contribution in [3.8, 4) is 0 Å². The van der Waals surface area contributed by atoms with Gasteiger partial charge in [-0.15, -0.1) is 10.2 Å². The van der Waals surface area contributed by atoms with Gasteiger partial charge in [0.2, 0.25) is 5.95 Å². The number of anilines is 2.